The molecule has 3 saturated heterocycles. The summed E-state index contributed by atoms with van der Waals surface area (Å²) < 4.78 is 14.1. The number of esters is 2. The fourth-order valence-electron chi connectivity index (χ4n) is 9.94. The number of cyclic esters (lactones) is 2. The zero-order valence-electron chi connectivity index (χ0n) is 38.7. The Balaban J connectivity index is 0.000000196. The quantitative estimate of drug-likeness (QED) is 0.130. The average molecular weight is 877 g/mol. The van der Waals surface area contributed by atoms with Crippen LogP contribution in [-0.4, -0.2) is 109 Å². The van der Waals surface area contributed by atoms with Crippen molar-refractivity contribution in [2.45, 2.75) is 154 Å². The fraction of sp³-hybridized carbons (Fsp3) is 0.714. The zero-order chi connectivity index (χ0) is 45.1. The molecule has 4 atom stereocenters. The van der Waals surface area contributed by atoms with E-state index in [2.05, 4.69) is 80.7 Å². The van der Waals surface area contributed by atoms with Crippen LogP contribution in [-0.2, 0) is 46.2 Å². The first-order valence-electron chi connectivity index (χ1n) is 23.8. The summed E-state index contributed by atoms with van der Waals surface area (Å²) in [6.45, 7) is 5.42. The molecule has 0 spiro atoms. The van der Waals surface area contributed by atoms with Crippen LogP contribution in [0.25, 0.3) is 0 Å². The van der Waals surface area contributed by atoms with Crippen LogP contribution in [0, 0.1) is 23.7 Å². The van der Waals surface area contributed by atoms with Crippen LogP contribution in [0.4, 0.5) is 0 Å². The van der Waals surface area contributed by atoms with Gasteiger partial charge in [0.2, 0.25) is 11.8 Å². The normalized spacial score (nSPS) is 27.5. The summed E-state index contributed by atoms with van der Waals surface area (Å²) in [7, 11) is 6.02. The van der Waals surface area contributed by atoms with Gasteiger partial charge in [-0.05, 0) is 179 Å². The Kier molecular flexibility index (Phi) is 20.7. The maximum absolute atomic E-state index is 12.0. The number of rotatable bonds is 15. The van der Waals surface area contributed by atoms with Crippen molar-refractivity contribution in [1.29, 1.82) is 0 Å². The molecular formula is C49H76N6O8. The van der Waals surface area contributed by atoms with E-state index in [1.807, 2.05) is 0 Å². The molecule has 0 bridgehead atoms. The molecule has 2 aliphatic carbocycles. The molecule has 350 valence electrons. The Hall–Kier alpha value is -3.98. The predicted octanol–water partition coefficient (Wildman–Crippen LogP) is 6.60. The van der Waals surface area contributed by atoms with Gasteiger partial charge in [0.15, 0.2) is 12.2 Å². The lowest BCUT2D eigenvalue weighted by atomic mass is 9.79. The van der Waals surface area contributed by atoms with E-state index in [0.717, 1.165) is 63.2 Å². The largest absolute Gasteiger partial charge is 0.448 e. The Morgan fingerprint density at radius 1 is 0.683 bits per heavy atom. The van der Waals surface area contributed by atoms with Gasteiger partial charge in [-0.3, -0.25) is 29.4 Å². The first kappa shape index (κ1) is 50.0. The monoisotopic (exact) mass is 877 g/mol. The molecule has 2 aromatic heterocycles. The van der Waals surface area contributed by atoms with Gasteiger partial charge in [-0.1, -0.05) is 25.0 Å². The van der Waals surface area contributed by atoms with Crippen LogP contribution >= 0.6 is 0 Å². The van der Waals surface area contributed by atoms with Gasteiger partial charge < -0.3 is 30.0 Å². The van der Waals surface area contributed by atoms with Crippen LogP contribution in [0.2, 0.25) is 0 Å². The Morgan fingerprint density at radius 3 is 1.46 bits per heavy atom. The van der Waals surface area contributed by atoms with E-state index >= 15 is 0 Å². The number of carbonyl (C=O) groups is 4. The van der Waals surface area contributed by atoms with Crippen molar-refractivity contribution in [3.63, 3.8) is 0 Å². The topological polar surface area (TPSA) is 173 Å². The first-order valence-corrected chi connectivity index (χ1v) is 23.8. The lowest BCUT2D eigenvalue weighted by molar-refractivity contribution is -0.191. The highest BCUT2D eigenvalue weighted by Crippen LogP contribution is 2.34. The van der Waals surface area contributed by atoms with Crippen molar-refractivity contribution < 1.29 is 38.5 Å². The van der Waals surface area contributed by atoms with Crippen LogP contribution in [0.15, 0.2) is 36.7 Å². The number of pyridine rings is 2. The Bertz CT molecular complexity index is 1680. The van der Waals surface area contributed by atoms with Gasteiger partial charge in [-0.15, -0.1) is 0 Å². The molecule has 14 heteroatoms. The molecule has 2 amide bonds. The van der Waals surface area contributed by atoms with Crippen molar-refractivity contribution in [2.75, 3.05) is 47.8 Å². The third kappa shape index (κ3) is 15.9. The van der Waals surface area contributed by atoms with Crippen molar-refractivity contribution in [3.8, 4) is 0 Å². The number of carbonyl (C=O) groups excluding carboxylic acids is 4. The Labute approximate surface area is 376 Å². The number of amides is 2. The number of aliphatic hydroxyl groups excluding tert-OH is 1. The third-order valence-electron chi connectivity index (χ3n) is 13.9. The van der Waals surface area contributed by atoms with Crippen LogP contribution in [0.5, 0.6) is 0 Å². The number of aliphatic hydroxyl groups is 1. The molecule has 5 fully saturated rings. The number of aromatic nitrogens is 2. The highest BCUT2D eigenvalue weighted by Gasteiger charge is 2.32. The summed E-state index contributed by atoms with van der Waals surface area (Å²) in [4.78, 5) is 59.3. The molecule has 63 heavy (non-hydrogen) atoms. The lowest BCUT2D eigenvalue weighted by Crippen LogP contribution is -2.40. The van der Waals surface area contributed by atoms with E-state index in [9.17, 15) is 19.2 Å². The second kappa shape index (κ2) is 26.1. The smallest absolute Gasteiger partial charge is 0.347 e. The van der Waals surface area contributed by atoms with Crippen molar-refractivity contribution in [2.24, 2.45) is 23.7 Å². The zero-order valence-corrected chi connectivity index (χ0v) is 38.7. The highest BCUT2D eigenvalue weighted by atomic mass is 16.6. The van der Waals surface area contributed by atoms with Crippen molar-refractivity contribution >= 4 is 23.8 Å². The van der Waals surface area contributed by atoms with E-state index in [1.54, 1.807) is 7.11 Å². The van der Waals surface area contributed by atoms with Crippen molar-refractivity contribution in [1.82, 2.24) is 30.4 Å². The molecule has 2 aromatic rings. The molecule has 3 aliphatic heterocycles. The molecule has 14 nitrogen and oxygen atoms in total. The number of nitrogens with zero attached hydrogens (tertiary/aromatic N) is 4. The van der Waals surface area contributed by atoms with Gasteiger partial charge in [-0.2, -0.15) is 0 Å². The number of hydrogen-bond donors (Lipinski definition) is 3. The summed E-state index contributed by atoms with van der Waals surface area (Å²) in [6, 6.07) is 10.1. The average Bonchev–Trinajstić information content (AvgIpc) is 3.93. The molecule has 5 heterocycles. The molecule has 0 radical (unpaired) electrons. The lowest BCUT2D eigenvalue weighted by Gasteiger charge is -2.27. The highest BCUT2D eigenvalue weighted by molar-refractivity contribution is 5.86. The number of hydrogen-bond acceptors (Lipinski definition) is 12. The van der Waals surface area contributed by atoms with E-state index in [0.29, 0.717) is 18.8 Å². The van der Waals surface area contributed by atoms with E-state index < -0.39 is 24.1 Å². The number of nitrogens with one attached hydrogen (secondary N) is 2. The van der Waals surface area contributed by atoms with Crippen LogP contribution in [0.1, 0.15) is 151 Å². The summed E-state index contributed by atoms with van der Waals surface area (Å²) >= 11 is 0. The third-order valence-corrected chi connectivity index (χ3v) is 13.9. The Morgan fingerprint density at radius 2 is 1.11 bits per heavy atom. The molecule has 3 N–H and O–H groups in total. The van der Waals surface area contributed by atoms with Gasteiger partial charge in [0.25, 0.3) is 0 Å². The fourth-order valence-corrected chi connectivity index (χ4v) is 9.94. The summed E-state index contributed by atoms with van der Waals surface area (Å²) in [5.41, 5.74) is 5.13. The summed E-state index contributed by atoms with van der Waals surface area (Å²) in [5.74, 6) is 0.998. The van der Waals surface area contributed by atoms with Crippen LogP contribution < -0.4 is 10.6 Å². The van der Waals surface area contributed by atoms with Crippen LogP contribution in [0.3, 0.4) is 0 Å². The maximum Gasteiger partial charge on any atom is 0.347 e. The van der Waals surface area contributed by atoms with E-state index in [-0.39, 0.29) is 30.4 Å². The standard InChI is InChI=1S/C22H35N3O2.C21H33N3O2.C6H8O4/c1-25-14-4-7-21(25)19-12-13-20(23-15-19)6-3-5-17-8-10-18(11-9-17)22(26)24-16-27-2;1-24-13-3-6-20(24)18-11-12-19(22-14-18)5-2-4-16-7-9-17(10-8-16)21(26)23-15-25;1-3-5(7)10-4(2)6(8)9-3/h12-13,15,17-18,21H,3-11,14,16H2,1-2H3,(H,24,26);11-12,14,16-17,20,25H,2-10,13,15H2,1H3,(H,23,26);3-4H,1-2H3/t17?,18?,21-;16?,17?,20-;/m00./s1. The van der Waals surface area contributed by atoms with Gasteiger partial charge in [0.1, 0.15) is 13.5 Å². The predicted molar refractivity (Wildman–Crippen MR) is 241 cm³/mol. The van der Waals surface area contributed by atoms with E-state index in [4.69, 9.17) is 19.8 Å². The second-order valence-corrected chi connectivity index (χ2v) is 18.5. The van der Waals surface area contributed by atoms with Gasteiger partial charge in [0, 0.05) is 54.8 Å². The second-order valence-electron chi connectivity index (χ2n) is 18.5. The number of methoxy groups -OCH3 is 1. The minimum atomic E-state index is -0.747. The van der Waals surface area contributed by atoms with Gasteiger partial charge in [0.05, 0.1) is 0 Å². The number of ether oxygens (including phenoxy) is 3. The summed E-state index contributed by atoms with van der Waals surface area (Å²) in [6.07, 6.45) is 23.3. The molecule has 2 saturated carbocycles. The van der Waals surface area contributed by atoms with Gasteiger partial charge >= 0.3 is 11.9 Å². The van der Waals surface area contributed by atoms with Crippen molar-refractivity contribution in [3.05, 3.63) is 59.2 Å². The molecular weight excluding hydrogens is 801 g/mol. The minimum absolute atomic E-state index is 0.0168. The number of likely N-dealkylation sites (tertiary alicyclic amines) is 2. The maximum atomic E-state index is 12.0. The van der Waals surface area contributed by atoms with E-state index in [1.165, 1.54) is 114 Å². The molecule has 5 aliphatic rings. The molecule has 0 aromatic carbocycles. The number of aryl methyl sites for hydroxylation is 2. The molecule has 7 rings (SSSR count). The van der Waals surface area contributed by atoms with Gasteiger partial charge in [-0.25, -0.2) is 9.59 Å². The summed E-state index contributed by atoms with van der Waals surface area (Å²) in [5, 5.41) is 14.2. The minimum Gasteiger partial charge on any atom is -0.448 e. The SMILES string of the molecule is CC1OC(=O)C(C)OC1=O.CN1CCC[C@H]1c1ccc(CCCC2CCC(C(=O)NCO)CC2)nc1.COCNC(=O)C1CCC(CCCc2ccc([C@@H]3CCCN3C)cn2)CC1. The first-order chi connectivity index (χ1) is 30.4. The molecule has 2 unspecified atom stereocenters.